The van der Waals surface area contributed by atoms with E-state index in [1.165, 1.54) is 0 Å². The van der Waals surface area contributed by atoms with Gasteiger partial charge in [-0.3, -0.25) is 9.09 Å². The van der Waals surface area contributed by atoms with Crippen LogP contribution < -0.4 is 0 Å². The van der Waals surface area contributed by atoms with Crippen molar-refractivity contribution in [2.24, 2.45) is 0 Å². The summed E-state index contributed by atoms with van der Waals surface area (Å²) in [6.07, 6.45) is 0. The number of hydrogen-bond donors (Lipinski definition) is 1. The summed E-state index contributed by atoms with van der Waals surface area (Å²) in [6, 6.07) is 0. The summed E-state index contributed by atoms with van der Waals surface area (Å²) in [5, 5.41) is 0.290. The van der Waals surface area contributed by atoms with Gasteiger partial charge in [0.15, 0.2) is 0 Å². The predicted molar refractivity (Wildman–Crippen MR) is 38.9 cm³/mol. The van der Waals surface area contributed by atoms with Gasteiger partial charge in [0, 0.05) is 5.82 Å². The predicted octanol–water partition coefficient (Wildman–Crippen LogP) is 2.06. The molecule has 0 bridgehead atoms. The van der Waals surface area contributed by atoms with E-state index in [2.05, 4.69) is 0 Å². The third-order valence-corrected chi connectivity index (χ3v) is 3.23. The fourth-order valence-corrected chi connectivity index (χ4v) is 2.56. The van der Waals surface area contributed by atoms with Crippen LogP contribution in [0.2, 0.25) is 0 Å². The zero-order valence-corrected chi connectivity index (χ0v) is 7.32. The van der Waals surface area contributed by atoms with Crippen molar-refractivity contribution in [3.05, 3.63) is 10.8 Å². The Hall–Kier alpha value is 0.180. The molecule has 0 saturated heterocycles. The van der Waals surface area contributed by atoms with E-state index in [1.54, 1.807) is 13.8 Å². The molecule has 0 aliphatic carbocycles. The number of halogens is 1. The first-order valence-electron chi connectivity index (χ1n) is 2.76. The number of rotatable bonds is 0. The molecule has 0 fully saturated rings. The molecular formula is C5H8ClO3P. The molecule has 1 unspecified atom stereocenters. The molecule has 0 spiro atoms. The van der Waals surface area contributed by atoms with Gasteiger partial charge in [-0.05, 0) is 13.8 Å². The summed E-state index contributed by atoms with van der Waals surface area (Å²) in [7, 11) is -3.51. The Morgan fingerprint density at radius 1 is 1.80 bits per heavy atom. The molecule has 0 radical (unpaired) electrons. The van der Waals surface area contributed by atoms with Crippen LogP contribution in [0.25, 0.3) is 0 Å². The third kappa shape index (κ3) is 1.43. The van der Waals surface area contributed by atoms with E-state index in [1.807, 2.05) is 0 Å². The first-order chi connectivity index (χ1) is 4.33. The molecule has 0 saturated carbocycles. The van der Waals surface area contributed by atoms with Gasteiger partial charge in [-0.1, -0.05) is 11.6 Å². The highest BCUT2D eigenvalue weighted by Crippen LogP contribution is 2.57. The summed E-state index contributed by atoms with van der Waals surface area (Å²) in [4.78, 5) is 8.87. The van der Waals surface area contributed by atoms with Crippen LogP contribution in [0.15, 0.2) is 10.8 Å². The molecule has 1 aliphatic heterocycles. The lowest BCUT2D eigenvalue weighted by Gasteiger charge is -2.17. The molecule has 1 atom stereocenters. The van der Waals surface area contributed by atoms with Crippen LogP contribution in [-0.4, -0.2) is 10.5 Å². The zero-order chi connectivity index (χ0) is 7.99. The topological polar surface area (TPSA) is 46.5 Å². The Kier molecular flexibility index (Phi) is 1.72. The summed E-state index contributed by atoms with van der Waals surface area (Å²) in [5.74, 6) is 1.06. The van der Waals surface area contributed by atoms with Crippen LogP contribution in [0, 0.1) is 0 Å². The lowest BCUT2D eigenvalue weighted by atomic mass is 10.1. The highest BCUT2D eigenvalue weighted by molar-refractivity contribution is 7.56. The average molecular weight is 183 g/mol. The SMILES string of the molecule is CC1(C)OP(=O)(O)C=C1Cl. The summed E-state index contributed by atoms with van der Waals surface area (Å²) in [6.45, 7) is 3.28. The summed E-state index contributed by atoms with van der Waals surface area (Å²) in [5.41, 5.74) is -0.800. The molecule has 3 nitrogen and oxygen atoms in total. The highest BCUT2D eigenvalue weighted by atomic mass is 35.5. The summed E-state index contributed by atoms with van der Waals surface area (Å²) >= 11 is 5.59. The van der Waals surface area contributed by atoms with Gasteiger partial charge in [-0.2, -0.15) is 0 Å². The van der Waals surface area contributed by atoms with E-state index in [4.69, 9.17) is 21.0 Å². The molecule has 0 aromatic carbocycles. The van der Waals surface area contributed by atoms with Crippen LogP contribution in [0.5, 0.6) is 0 Å². The first kappa shape index (κ1) is 8.28. The number of hydrogen-bond acceptors (Lipinski definition) is 2. The van der Waals surface area contributed by atoms with Crippen molar-refractivity contribution in [1.29, 1.82) is 0 Å². The maximum absolute atomic E-state index is 10.8. The molecule has 1 heterocycles. The monoisotopic (exact) mass is 182 g/mol. The average Bonchev–Trinajstić information content (AvgIpc) is 1.73. The van der Waals surface area contributed by atoms with Crippen LogP contribution in [-0.2, 0) is 9.09 Å². The van der Waals surface area contributed by atoms with Crippen LogP contribution >= 0.6 is 19.2 Å². The van der Waals surface area contributed by atoms with Gasteiger partial charge in [0.05, 0.1) is 5.03 Å². The quantitative estimate of drug-likeness (QED) is 0.584. The van der Waals surface area contributed by atoms with Gasteiger partial charge in [0.1, 0.15) is 5.60 Å². The normalized spacial score (nSPS) is 37.8. The van der Waals surface area contributed by atoms with Gasteiger partial charge in [-0.25, -0.2) is 0 Å². The minimum Gasteiger partial charge on any atom is -0.321 e. The minimum absolute atomic E-state index is 0.290. The van der Waals surface area contributed by atoms with Crippen LogP contribution in [0.1, 0.15) is 13.8 Å². The molecule has 10 heavy (non-hydrogen) atoms. The molecule has 1 aliphatic rings. The molecule has 0 amide bonds. The lowest BCUT2D eigenvalue weighted by molar-refractivity contribution is 0.151. The Labute approximate surface area is 64.2 Å². The fraction of sp³-hybridized carbons (Fsp3) is 0.600. The van der Waals surface area contributed by atoms with Gasteiger partial charge in [0.2, 0.25) is 0 Å². The third-order valence-electron chi connectivity index (χ3n) is 1.21. The van der Waals surface area contributed by atoms with E-state index < -0.39 is 13.2 Å². The van der Waals surface area contributed by atoms with Crippen molar-refractivity contribution in [3.63, 3.8) is 0 Å². The van der Waals surface area contributed by atoms with Gasteiger partial charge in [0.25, 0.3) is 0 Å². The fourth-order valence-electron chi connectivity index (χ4n) is 0.696. The molecule has 1 rings (SSSR count). The largest absolute Gasteiger partial charge is 0.353 e. The second-order valence-corrected chi connectivity index (χ2v) is 4.62. The zero-order valence-electron chi connectivity index (χ0n) is 5.67. The van der Waals surface area contributed by atoms with Crippen molar-refractivity contribution in [2.75, 3.05) is 0 Å². The Balaban J connectivity index is 3.00. The van der Waals surface area contributed by atoms with Crippen LogP contribution in [0.4, 0.5) is 0 Å². The van der Waals surface area contributed by atoms with E-state index >= 15 is 0 Å². The van der Waals surface area contributed by atoms with Crippen molar-refractivity contribution >= 4 is 19.2 Å². The van der Waals surface area contributed by atoms with Crippen molar-refractivity contribution in [3.8, 4) is 0 Å². The first-order valence-corrected chi connectivity index (χ1v) is 4.78. The van der Waals surface area contributed by atoms with Gasteiger partial charge in [-0.15, -0.1) is 0 Å². The molecule has 0 aromatic heterocycles. The minimum atomic E-state index is -3.51. The Morgan fingerprint density at radius 2 is 2.30 bits per heavy atom. The maximum atomic E-state index is 10.8. The van der Waals surface area contributed by atoms with Gasteiger partial charge < -0.3 is 4.89 Å². The Bertz CT molecular complexity index is 233. The lowest BCUT2D eigenvalue weighted by Crippen LogP contribution is -2.18. The van der Waals surface area contributed by atoms with Crippen molar-refractivity contribution in [2.45, 2.75) is 19.4 Å². The van der Waals surface area contributed by atoms with E-state index in [0.29, 0.717) is 5.03 Å². The van der Waals surface area contributed by atoms with Crippen molar-refractivity contribution in [1.82, 2.24) is 0 Å². The van der Waals surface area contributed by atoms with Crippen molar-refractivity contribution < 1.29 is 14.0 Å². The van der Waals surface area contributed by atoms with E-state index in [0.717, 1.165) is 5.82 Å². The second-order valence-electron chi connectivity index (χ2n) is 2.64. The second kappa shape index (κ2) is 2.08. The Morgan fingerprint density at radius 3 is 2.40 bits per heavy atom. The molecule has 1 N–H and O–H groups in total. The summed E-state index contributed by atoms with van der Waals surface area (Å²) < 4.78 is 15.5. The standard InChI is InChI=1S/C5H8ClO3P/c1-5(2)4(6)3-10(7,8)9-5/h3H,1-2H3,(H,7,8). The van der Waals surface area contributed by atoms with Crippen LogP contribution in [0.3, 0.4) is 0 Å². The van der Waals surface area contributed by atoms with E-state index in [9.17, 15) is 4.57 Å². The van der Waals surface area contributed by atoms with Gasteiger partial charge >= 0.3 is 7.60 Å². The molecule has 0 aromatic rings. The molecule has 58 valence electrons. The molecular weight excluding hydrogens is 174 g/mol. The van der Waals surface area contributed by atoms with E-state index in [-0.39, 0.29) is 0 Å². The smallest absolute Gasteiger partial charge is 0.321 e. The maximum Gasteiger partial charge on any atom is 0.353 e. The highest BCUT2D eigenvalue weighted by Gasteiger charge is 2.39. The molecule has 5 heteroatoms.